The highest BCUT2D eigenvalue weighted by Crippen LogP contribution is 2.24. The van der Waals surface area contributed by atoms with Gasteiger partial charge in [-0.3, -0.25) is 4.79 Å². The summed E-state index contributed by atoms with van der Waals surface area (Å²) < 4.78 is 5.48. The number of rotatable bonds is 2. The van der Waals surface area contributed by atoms with E-state index in [-0.39, 0.29) is 11.2 Å². The van der Waals surface area contributed by atoms with Gasteiger partial charge in [-0.2, -0.15) is 0 Å². The summed E-state index contributed by atoms with van der Waals surface area (Å²) in [7, 11) is 0. The Morgan fingerprint density at radius 1 is 1.05 bits per heavy atom. The van der Waals surface area contributed by atoms with Gasteiger partial charge in [0, 0.05) is 6.07 Å². The molecule has 0 spiro atoms. The first-order valence-electron chi connectivity index (χ1n) is 6.91. The van der Waals surface area contributed by atoms with E-state index >= 15 is 0 Å². The molecule has 3 nitrogen and oxygen atoms in total. The summed E-state index contributed by atoms with van der Waals surface area (Å²) in [4.78, 5) is 12.5. The third-order valence-electron chi connectivity index (χ3n) is 3.65. The fraction of sp³-hybridized carbons (Fsp3) is 0.167. The third-order valence-corrected chi connectivity index (χ3v) is 3.65. The zero-order valence-electron chi connectivity index (χ0n) is 12.0. The lowest BCUT2D eigenvalue weighted by molar-refractivity contribution is 0.474. The molecule has 0 aliphatic heterocycles. The van der Waals surface area contributed by atoms with Crippen molar-refractivity contribution in [2.45, 2.75) is 19.8 Å². The van der Waals surface area contributed by atoms with Gasteiger partial charge in [-0.25, -0.2) is 0 Å². The SMILES string of the molecule is CC(C)c1ccc(-c2coc3cc(O)ccc3c2=O)cc1. The van der Waals surface area contributed by atoms with Crippen LogP contribution in [0, 0.1) is 0 Å². The third kappa shape index (κ3) is 2.42. The van der Waals surface area contributed by atoms with Crippen molar-refractivity contribution in [3.63, 3.8) is 0 Å². The highest BCUT2D eigenvalue weighted by Gasteiger charge is 2.10. The molecule has 1 aromatic heterocycles. The van der Waals surface area contributed by atoms with Gasteiger partial charge >= 0.3 is 0 Å². The molecule has 0 saturated carbocycles. The van der Waals surface area contributed by atoms with Gasteiger partial charge in [-0.15, -0.1) is 0 Å². The summed E-state index contributed by atoms with van der Waals surface area (Å²) in [6, 6.07) is 12.5. The maximum absolute atomic E-state index is 12.5. The molecule has 0 radical (unpaired) electrons. The lowest BCUT2D eigenvalue weighted by Crippen LogP contribution is -2.04. The van der Waals surface area contributed by atoms with E-state index in [0.29, 0.717) is 22.5 Å². The molecule has 0 bridgehead atoms. The van der Waals surface area contributed by atoms with Gasteiger partial charge in [0.15, 0.2) is 5.43 Å². The van der Waals surface area contributed by atoms with Crippen LogP contribution in [0.25, 0.3) is 22.1 Å². The maximum atomic E-state index is 12.5. The van der Waals surface area contributed by atoms with E-state index in [2.05, 4.69) is 13.8 Å². The first-order chi connectivity index (χ1) is 10.1. The van der Waals surface area contributed by atoms with Crippen molar-refractivity contribution in [3.05, 3.63) is 64.5 Å². The molecule has 1 N–H and O–H groups in total. The van der Waals surface area contributed by atoms with E-state index in [1.165, 1.54) is 24.0 Å². The van der Waals surface area contributed by atoms with Crippen LogP contribution in [0.2, 0.25) is 0 Å². The van der Waals surface area contributed by atoms with E-state index in [4.69, 9.17) is 4.42 Å². The monoisotopic (exact) mass is 280 g/mol. The second-order valence-electron chi connectivity index (χ2n) is 5.44. The number of benzene rings is 2. The lowest BCUT2D eigenvalue weighted by atomic mass is 9.99. The van der Waals surface area contributed by atoms with Gasteiger partial charge in [0.2, 0.25) is 0 Å². The van der Waals surface area contributed by atoms with Crippen LogP contribution >= 0.6 is 0 Å². The predicted molar refractivity (Wildman–Crippen MR) is 83.7 cm³/mol. The molecule has 21 heavy (non-hydrogen) atoms. The Bertz CT molecular complexity index is 842. The molecule has 0 fully saturated rings. The number of aromatic hydroxyl groups is 1. The van der Waals surface area contributed by atoms with Crippen LogP contribution in [-0.4, -0.2) is 5.11 Å². The number of fused-ring (bicyclic) bond motifs is 1. The quantitative estimate of drug-likeness (QED) is 0.761. The molecule has 0 atom stereocenters. The molecule has 3 aromatic rings. The molecule has 0 saturated heterocycles. The molecular formula is C18H16O3. The first-order valence-corrected chi connectivity index (χ1v) is 6.91. The van der Waals surface area contributed by atoms with Crippen molar-refractivity contribution in [2.24, 2.45) is 0 Å². The average Bonchev–Trinajstić information content (AvgIpc) is 2.47. The summed E-state index contributed by atoms with van der Waals surface area (Å²) in [5.41, 5.74) is 2.90. The molecule has 2 aromatic carbocycles. The van der Waals surface area contributed by atoms with Crippen LogP contribution in [0.5, 0.6) is 5.75 Å². The summed E-state index contributed by atoms with van der Waals surface area (Å²) in [5, 5.41) is 9.90. The minimum absolute atomic E-state index is 0.0830. The van der Waals surface area contributed by atoms with Crippen molar-refractivity contribution in [1.82, 2.24) is 0 Å². The van der Waals surface area contributed by atoms with Crippen LogP contribution in [0.1, 0.15) is 25.3 Å². The summed E-state index contributed by atoms with van der Waals surface area (Å²) in [6.07, 6.45) is 1.45. The van der Waals surface area contributed by atoms with Crippen molar-refractivity contribution in [3.8, 4) is 16.9 Å². The van der Waals surface area contributed by atoms with Gasteiger partial charge in [-0.05, 0) is 29.2 Å². The lowest BCUT2D eigenvalue weighted by Gasteiger charge is -2.07. The smallest absolute Gasteiger partial charge is 0.200 e. The fourth-order valence-electron chi connectivity index (χ4n) is 2.36. The van der Waals surface area contributed by atoms with E-state index in [1.807, 2.05) is 24.3 Å². The van der Waals surface area contributed by atoms with Gasteiger partial charge < -0.3 is 9.52 Å². The van der Waals surface area contributed by atoms with Crippen LogP contribution in [0.4, 0.5) is 0 Å². The Balaban J connectivity index is 2.14. The summed E-state index contributed by atoms with van der Waals surface area (Å²) >= 11 is 0. The van der Waals surface area contributed by atoms with E-state index in [1.54, 1.807) is 6.07 Å². The molecule has 3 rings (SSSR count). The highest BCUT2D eigenvalue weighted by atomic mass is 16.3. The first kappa shape index (κ1) is 13.4. The number of hydrogen-bond acceptors (Lipinski definition) is 3. The predicted octanol–water partition coefficient (Wildman–Crippen LogP) is 4.29. The van der Waals surface area contributed by atoms with Crippen LogP contribution in [0.15, 0.2) is 57.9 Å². The Morgan fingerprint density at radius 2 is 1.76 bits per heavy atom. The van der Waals surface area contributed by atoms with Crippen molar-refractivity contribution in [2.75, 3.05) is 0 Å². The van der Waals surface area contributed by atoms with Crippen molar-refractivity contribution >= 4 is 11.0 Å². The highest BCUT2D eigenvalue weighted by molar-refractivity contribution is 5.82. The molecule has 3 heteroatoms. The molecule has 0 amide bonds. The average molecular weight is 280 g/mol. The van der Waals surface area contributed by atoms with Crippen molar-refractivity contribution in [1.29, 1.82) is 0 Å². The Hall–Kier alpha value is -2.55. The Kier molecular flexibility index (Phi) is 3.26. The van der Waals surface area contributed by atoms with Crippen LogP contribution in [0.3, 0.4) is 0 Å². The molecule has 1 heterocycles. The zero-order valence-corrected chi connectivity index (χ0v) is 12.0. The second kappa shape index (κ2) is 5.09. The number of phenols is 1. The standard InChI is InChI=1S/C18H16O3/c1-11(2)12-3-5-13(6-4-12)16-10-21-17-9-14(19)7-8-15(17)18(16)20/h3-11,19H,1-2H3. The van der Waals surface area contributed by atoms with E-state index in [9.17, 15) is 9.90 Å². The number of hydrogen-bond donors (Lipinski definition) is 1. The van der Waals surface area contributed by atoms with Gasteiger partial charge in [0.1, 0.15) is 17.6 Å². The second-order valence-corrected chi connectivity index (χ2v) is 5.44. The molecular weight excluding hydrogens is 264 g/mol. The molecule has 0 aliphatic carbocycles. The fourth-order valence-corrected chi connectivity index (χ4v) is 2.36. The Morgan fingerprint density at radius 3 is 2.43 bits per heavy atom. The summed E-state index contributed by atoms with van der Waals surface area (Å²) in [5.74, 6) is 0.537. The normalized spacial score (nSPS) is 11.2. The molecule has 0 aliphatic rings. The largest absolute Gasteiger partial charge is 0.508 e. The molecule has 0 unspecified atom stereocenters. The van der Waals surface area contributed by atoms with Crippen LogP contribution in [-0.2, 0) is 0 Å². The topological polar surface area (TPSA) is 50.4 Å². The maximum Gasteiger partial charge on any atom is 0.200 e. The van der Waals surface area contributed by atoms with E-state index in [0.717, 1.165) is 5.56 Å². The zero-order chi connectivity index (χ0) is 15.0. The van der Waals surface area contributed by atoms with E-state index < -0.39 is 0 Å². The van der Waals surface area contributed by atoms with Crippen LogP contribution < -0.4 is 5.43 Å². The summed E-state index contributed by atoms with van der Waals surface area (Å²) in [6.45, 7) is 4.26. The molecule has 106 valence electrons. The van der Waals surface area contributed by atoms with Gasteiger partial charge in [0.05, 0.1) is 10.9 Å². The van der Waals surface area contributed by atoms with Crippen molar-refractivity contribution < 1.29 is 9.52 Å². The van der Waals surface area contributed by atoms with Gasteiger partial charge in [0.25, 0.3) is 0 Å². The Labute approximate surface area is 122 Å². The minimum atomic E-state index is -0.0893. The van der Waals surface area contributed by atoms with Gasteiger partial charge in [-0.1, -0.05) is 38.1 Å². The minimum Gasteiger partial charge on any atom is -0.508 e. The number of phenolic OH excluding ortho intramolecular Hbond substituents is 1.